The van der Waals surface area contributed by atoms with Crippen molar-refractivity contribution in [1.82, 2.24) is 5.32 Å². The highest BCUT2D eigenvalue weighted by Gasteiger charge is 2.25. The Bertz CT molecular complexity index is 401. The van der Waals surface area contributed by atoms with Crippen LogP contribution in [0.5, 0.6) is 0 Å². The van der Waals surface area contributed by atoms with Gasteiger partial charge < -0.3 is 10.2 Å². The molecule has 0 heterocycles. The highest BCUT2D eigenvalue weighted by Crippen LogP contribution is 2.34. The third kappa shape index (κ3) is 3.27. The van der Waals surface area contributed by atoms with Gasteiger partial charge in [0.05, 0.1) is 0 Å². The van der Waals surface area contributed by atoms with Gasteiger partial charge in [-0.15, -0.1) is 0 Å². The van der Waals surface area contributed by atoms with Crippen molar-refractivity contribution in [3.63, 3.8) is 0 Å². The molecule has 0 amide bonds. The van der Waals surface area contributed by atoms with E-state index < -0.39 is 0 Å². The van der Waals surface area contributed by atoms with Gasteiger partial charge in [-0.1, -0.05) is 15.9 Å². The molecule has 0 radical (unpaired) electrons. The Hall–Kier alpha value is -0.540. The summed E-state index contributed by atoms with van der Waals surface area (Å²) < 4.78 is 1.16. The summed E-state index contributed by atoms with van der Waals surface area (Å²) in [5.74, 6) is 0.923. The summed E-state index contributed by atoms with van der Waals surface area (Å²) in [6, 6.07) is 7.02. The van der Waals surface area contributed by atoms with Crippen LogP contribution in [-0.4, -0.2) is 20.1 Å². The average Bonchev–Trinajstić information content (AvgIpc) is 3.19. The summed E-state index contributed by atoms with van der Waals surface area (Å²) in [5.41, 5.74) is 2.77. The lowest BCUT2D eigenvalue weighted by Crippen LogP contribution is -2.27. The lowest BCUT2D eigenvalue weighted by molar-refractivity contribution is 0.643. The van der Waals surface area contributed by atoms with Crippen molar-refractivity contribution in [3.8, 4) is 0 Å². The SMILES string of the molecule is CCN(CC1CC1)c1ccc(Br)cc1C(C)NC. The van der Waals surface area contributed by atoms with E-state index in [0.717, 1.165) is 16.9 Å². The van der Waals surface area contributed by atoms with Crippen LogP contribution >= 0.6 is 15.9 Å². The molecule has 1 aliphatic rings. The van der Waals surface area contributed by atoms with Crippen LogP contribution < -0.4 is 10.2 Å². The summed E-state index contributed by atoms with van der Waals surface area (Å²) in [6.45, 7) is 6.76. The zero-order valence-corrected chi connectivity index (χ0v) is 13.1. The number of halogens is 1. The molecular weight excluding hydrogens is 288 g/mol. The minimum atomic E-state index is 0.380. The maximum Gasteiger partial charge on any atom is 0.0415 e. The number of hydrogen-bond donors (Lipinski definition) is 1. The minimum absolute atomic E-state index is 0.380. The minimum Gasteiger partial charge on any atom is -0.371 e. The maximum atomic E-state index is 3.58. The summed E-state index contributed by atoms with van der Waals surface area (Å²) in [5, 5.41) is 3.35. The first kappa shape index (κ1) is 13.9. The summed E-state index contributed by atoms with van der Waals surface area (Å²) in [6.07, 6.45) is 2.81. The molecule has 0 aromatic heterocycles. The molecule has 0 saturated heterocycles. The second-order valence-electron chi connectivity index (χ2n) is 5.20. The fourth-order valence-electron chi connectivity index (χ4n) is 2.33. The van der Waals surface area contributed by atoms with Crippen molar-refractivity contribution in [2.45, 2.75) is 32.7 Å². The van der Waals surface area contributed by atoms with E-state index >= 15 is 0 Å². The Labute approximate surface area is 119 Å². The largest absolute Gasteiger partial charge is 0.371 e. The number of nitrogens with zero attached hydrogens (tertiary/aromatic N) is 1. The second-order valence-corrected chi connectivity index (χ2v) is 6.11. The summed E-state index contributed by atoms with van der Waals surface area (Å²) >= 11 is 3.58. The van der Waals surface area contributed by atoms with E-state index in [9.17, 15) is 0 Å². The van der Waals surface area contributed by atoms with Crippen LogP contribution in [0.1, 0.15) is 38.3 Å². The Morgan fingerprint density at radius 3 is 2.72 bits per heavy atom. The van der Waals surface area contributed by atoms with Crippen LogP contribution in [0.25, 0.3) is 0 Å². The Balaban J connectivity index is 2.27. The predicted octanol–water partition coefficient (Wildman–Crippen LogP) is 3.97. The summed E-state index contributed by atoms with van der Waals surface area (Å²) in [7, 11) is 2.02. The molecular formula is C15H23BrN2. The lowest BCUT2D eigenvalue weighted by atomic mass is 10.0. The van der Waals surface area contributed by atoms with Crippen LogP contribution in [0.4, 0.5) is 5.69 Å². The Morgan fingerprint density at radius 1 is 1.44 bits per heavy atom. The normalized spacial score (nSPS) is 16.7. The first-order chi connectivity index (χ1) is 8.65. The van der Waals surface area contributed by atoms with E-state index in [1.54, 1.807) is 0 Å². The van der Waals surface area contributed by atoms with E-state index in [2.05, 4.69) is 58.2 Å². The second kappa shape index (κ2) is 6.07. The molecule has 1 aliphatic carbocycles. The van der Waals surface area contributed by atoms with Gasteiger partial charge in [-0.3, -0.25) is 0 Å². The van der Waals surface area contributed by atoms with Crippen molar-refractivity contribution in [1.29, 1.82) is 0 Å². The molecule has 0 bridgehead atoms. The highest BCUT2D eigenvalue weighted by atomic mass is 79.9. The van der Waals surface area contributed by atoms with Crippen LogP contribution in [-0.2, 0) is 0 Å². The predicted molar refractivity (Wildman–Crippen MR) is 82.2 cm³/mol. The van der Waals surface area contributed by atoms with Crippen LogP contribution in [0, 0.1) is 5.92 Å². The van der Waals surface area contributed by atoms with Gasteiger partial charge in [0.15, 0.2) is 0 Å². The molecule has 2 nitrogen and oxygen atoms in total. The standard InChI is InChI=1S/C15H23BrN2/c1-4-18(10-12-5-6-12)15-8-7-13(16)9-14(15)11(2)17-3/h7-9,11-12,17H,4-6,10H2,1-3H3. The Kier molecular flexibility index (Phi) is 4.68. The van der Waals surface area contributed by atoms with Gasteiger partial charge in [-0.25, -0.2) is 0 Å². The molecule has 3 heteroatoms. The first-order valence-electron chi connectivity index (χ1n) is 6.87. The van der Waals surface area contributed by atoms with Gasteiger partial charge in [0, 0.05) is 29.3 Å². The van der Waals surface area contributed by atoms with Gasteiger partial charge in [0.2, 0.25) is 0 Å². The lowest BCUT2D eigenvalue weighted by Gasteiger charge is -2.28. The fourth-order valence-corrected chi connectivity index (χ4v) is 2.70. The first-order valence-corrected chi connectivity index (χ1v) is 7.66. The Morgan fingerprint density at radius 2 is 2.17 bits per heavy atom. The molecule has 1 unspecified atom stereocenters. The zero-order chi connectivity index (χ0) is 13.1. The molecule has 1 atom stereocenters. The van der Waals surface area contributed by atoms with E-state index in [0.29, 0.717) is 6.04 Å². The monoisotopic (exact) mass is 310 g/mol. The van der Waals surface area contributed by atoms with Gasteiger partial charge in [0.1, 0.15) is 0 Å². The molecule has 1 fully saturated rings. The van der Waals surface area contributed by atoms with E-state index in [-0.39, 0.29) is 0 Å². The maximum absolute atomic E-state index is 3.58. The molecule has 18 heavy (non-hydrogen) atoms. The molecule has 1 saturated carbocycles. The molecule has 1 aromatic carbocycles. The van der Waals surface area contributed by atoms with Gasteiger partial charge in [-0.05, 0) is 63.4 Å². The van der Waals surface area contributed by atoms with Gasteiger partial charge in [0.25, 0.3) is 0 Å². The van der Waals surface area contributed by atoms with Crippen molar-refractivity contribution < 1.29 is 0 Å². The molecule has 1 aromatic rings. The molecule has 100 valence electrons. The number of anilines is 1. The third-order valence-corrected chi connectivity index (χ3v) is 4.28. The zero-order valence-electron chi connectivity index (χ0n) is 11.5. The van der Waals surface area contributed by atoms with Crippen LogP contribution in [0.2, 0.25) is 0 Å². The van der Waals surface area contributed by atoms with E-state index in [1.807, 2.05) is 7.05 Å². The van der Waals surface area contributed by atoms with Crippen molar-refractivity contribution in [2.75, 3.05) is 25.0 Å². The van der Waals surface area contributed by atoms with E-state index in [4.69, 9.17) is 0 Å². The van der Waals surface area contributed by atoms with Gasteiger partial charge >= 0.3 is 0 Å². The fraction of sp³-hybridized carbons (Fsp3) is 0.600. The number of nitrogens with one attached hydrogen (secondary N) is 1. The third-order valence-electron chi connectivity index (χ3n) is 3.79. The number of rotatable bonds is 6. The van der Waals surface area contributed by atoms with Gasteiger partial charge in [-0.2, -0.15) is 0 Å². The van der Waals surface area contributed by atoms with Crippen LogP contribution in [0.15, 0.2) is 22.7 Å². The highest BCUT2D eigenvalue weighted by molar-refractivity contribution is 9.10. The molecule has 1 N–H and O–H groups in total. The average molecular weight is 311 g/mol. The smallest absolute Gasteiger partial charge is 0.0415 e. The van der Waals surface area contributed by atoms with E-state index in [1.165, 1.54) is 30.6 Å². The van der Waals surface area contributed by atoms with Crippen molar-refractivity contribution in [3.05, 3.63) is 28.2 Å². The molecule has 2 rings (SSSR count). The van der Waals surface area contributed by atoms with Crippen molar-refractivity contribution >= 4 is 21.6 Å². The summed E-state index contributed by atoms with van der Waals surface area (Å²) in [4.78, 5) is 2.52. The quantitative estimate of drug-likeness (QED) is 0.855. The van der Waals surface area contributed by atoms with Crippen LogP contribution in [0.3, 0.4) is 0 Å². The molecule has 0 spiro atoms. The van der Waals surface area contributed by atoms with Crippen molar-refractivity contribution in [2.24, 2.45) is 5.92 Å². The number of hydrogen-bond acceptors (Lipinski definition) is 2. The topological polar surface area (TPSA) is 15.3 Å². The number of benzene rings is 1. The molecule has 0 aliphatic heterocycles.